The highest BCUT2D eigenvalue weighted by atomic mass is 19.3. The van der Waals surface area contributed by atoms with Crippen molar-refractivity contribution in [2.45, 2.75) is 37.3 Å². The molecule has 2 atom stereocenters. The van der Waals surface area contributed by atoms with E-state index in [2.05, 4.69) is 25.6 Å². The first-order valence-corrected chi connectivity index (χ1v) is 9.51. The number of nitrogens with zero attached hydrogens (tertiary/aromatic N) is 3. The van der Waals surface area contributed by atoms with E-state index in [9.17, 15) is 13.6 Å². The number of alkyl halides is 2. The number of hydrogen-bond acceptors (Lipinski definition) is 7. The number of hydrogen-bond donors (Lipinski definition) is 4. The Morgan fingerprint density at radius 3 is 2.83 bits per heavy atom. The molecule has 8 nitrogen and oxygen atoms in total. The van der Waals surface area contributed by atoms with Crippen molar-refractivity contribution < 1.29 is 13.6 Å². The molecule has 2 aromatic heterocycles. The van der Waals surface area contributed by atoms with Gasteiger partial charge in [0, 0.05) is 35.9 Å². The summed E-state index contributed by atoms with van der Waals surface area (Å²) < 4.78 is 27.9. The van der Waals surface area contributed by atoms with Gasteiger partial charge in [0.25, 0.3) is 11.8 Å². The number of carbonyl (C=O) groups is 1. The minimum absolute atomic E-state index is 0.0614. The minimum Gasteiger partial charge on any atom is -0.364 e. The highest BCUT2D eigenvalue weighted by Gasteiger charge is 2.44. The second-order valence-electron chi connectivity index (χ2n) is 7.31. The number of aromatic nitrogens is 3. The van der Waals surface area contributed by atoms with Crippen LogP contribution in [-0.2, 0) is 0 Å². The Balaban J connectivity index is 1.62. The minimum atomic E-state index is -2.95. The summed E-state index contributed by atoms with van der Waals surface area (Å²) in [5, 5.41) is 7.86. The van der Waals surface area contributed by atoms with Gasteiger partial charge >= 0.3 is 0 Å². The molecule has 0 saturated heterocycles. The van der Waals surface area contributed by atoms with Crippen LogP contribution in [0, 0.1) is 0 Å². The maximum Gasteiger partial charge on any atom is 0.271 e. The van der Waals surface area contributed by atoms with E-state index >= 15 is 0 Å². The maximum absolute atomic E-state index is 13.9. The second kappa shape index (κ2) is 7.79. The average molecular weight is 413 g/mol. The molecule has 0 unspecified atom stereocenters. The largest absolute Gasteiger partial charge is 0.364 e. The normalized spacial score (nSPS) is 20.6. The molecule has 1 aliphatic rings. The molecular weight excluding hydrogens is 392 g/mol. The number of pyridine rings is 1. The van der Waals surface area contributed by atoms with E-state index < -0.39 is 23.9 Å². The summed E-state index contributed by atoms with van der Waals surface area (Å²) in [5.74, 6) is -3.36. The van der Waals surface area contributed by atoms with Crippen LogP contribution in [0.15, 0.2) is 42.9 Å². The van der Waals surface area contributed by atoms with Crippen LogP contribution in [0.3, 0.4) is 0 Å². The lowest BCUT2D eigenvalue weighted by molar-refractivity contribution is -0.0554. The van der Waals surface area contributed by atoms with E-state index in [1.807, 2.05) is 18.2 Å². The molecule has 6 N–H and O–H groups in total. The smallest absolute Gasteiger partial charge is 0.271 e. The maximum atomic E-state index is 13.9. The van der Waals surface area contributed by atoms with Gasteiger partial charge in [-0.1, -0.05) is 6.07 Å². The second-order valence-corrected chi connectivity index (χ2v) is 7.31. The van der Waals surface area contributed by atoms with Gasteiger partial charge in [-0.25, -0.2) is 18.7 Å². The van der Waals surface area contributed by atoms with Gasteiger partial charge in [0.1, 0.15) is 5.82 Å². The number of rotatable bonds is 5. The Kier molecular flexibility index (Phi) is 5.17. The van der Waals surface area contributed by atoms with Crippen LogP contribution in [0.4, 0.5) is 26.1 Å². The van der Waals surface area contributed by atoms with Crippen LogP contribution < -0.4 is 22.1 Å². The molecule has 10 heteroatoms. The molecule has 1 saturated carbocycles. The monoisotopic (exact) mass is 413 g/mol. The summed E-state index contributed by atoms with van der Waals surface area (Å²) in [6.45, 7) is 0. The van der Waals surface area contributed by atoms with Crippen molar-refractivity contribution in [3.05, 3.63) is 48.5 Å². The van der Waals surface area contributed by atoms with E-state index in [0.29, 0.717) is 18.5 Å². The fourth-order valence-corrected chi connectivity index (χ4v) is 3.57. The molecule has 0 spiro atoms. The molecule has 156 valence electrons. The lowest BCUT2D eigenvalue weighted by Gasteiger charge is -2.36. The number of primary amides is 1. The third kappa shape index (κ3) is 3.99. The van der Waals surface area contributed by atoms with E-state index in [0.717, 1.165) is 10.8 Å². The Hall–Kier alpha value is -3.40. The molecule has 1 aromatic carbocycles. The standard InChI is InChI=1S/C20H21F2N7O/c21-20(22)6-1-2-14(17(20)23)28-15-10-26-16(18(24)30)19(29-15)27-13-4-3-12-9-25-7-5-11(12)8-13/h3-5,7-10,14,17H,1-2,6,23H2,(H2,24,30)(H2,27,28,29)/t14-,17-/m1/s1. The van der Waals surface area contributed by atoms with Crippen molar-refractivity contribution in [1.82, 2.24) is 15.0 Å². The summed E-state index contributed by atoms with van der Waals surface area (Å²) >= 11 is 0. The fraction of sp³-hybridized carbons (Fsp3) is 0.300. The number of fused-ring (bicyclic) bond motifs is 1. The van der Waals surface area contributed by atoms with Gasteiger partial charge in [-0.3, -0.25) is 9.78 Å². The Morgan fingerprint density at radius 1 is 1.20 bits per heavy atom. The molecule has 2 heterocycles. The van der Waals surface area contributed by atoms with Crippen LogP contribution in [0.25, 0.3) is 10.8 Å². The number of nitrogens with two attached hydrogens (primary N) is 2. The first kappa shape index (κ1) is 19.9. The van der Waals surface area contributed by atoms with Gasteiger partial charge in [0.15, 0.2) is 11.5 Å². The topological polar surface area (TPSA) is 132 Å². The number of benzene rings is 1. The van der Waals surface area contributed by atoms with Gasteiger partial charge in [-0.2, -0.15) is 0 Å². The summed E-state index contributed by atoms with van der Waals surface area (Å²) in [7, 11) is 0. The first-order valence-electron chi connectivity index (χ1n) is 9.51. The highest BCUT2D eigenvalue weighted by molar-refractivity contribution is 5.96. The predicted molar refractivity (Wildman–Crippen MR) is 110 cm³/mol. The zero-order valence-electron chi connectivity index (χ0n) is 16.0. The van der Waals surface area contributed by atoms with Gasteiger partial charge in [-0.05, 0) is 36.4 Å². The number of anilines is 3. The molecule has 3 aromatic rings. The van der Waals surface area contributed by atoms with Gasteiger partial charge in [0.2, 0.25) is 0 Å². The van der Waals surface area contributed by atoms with Gasteiger partial charge in [-0.15, -0.1) is 0 Å². The van der Waals surface area contributed by atoms with Crippen LogP contribution in [0.1, 0.15) is 29.8 Å². The van der Waals surface area contributed by atoms with Gasteiger partial charge < -0.3 is 22.1 Å². The SMILES string of the molecule is NC(=O)c1ncc(N[C@@H]2CCCC(F)(F)[C@@H]2N)nc1Nc1ccc2cnccc2c1. The van der Waals surface area contributed by atoms with Crippen molar-refractivity contribution in [3.8, 4) is 0 Å². The number of amides is 1. The van der Waals surface area contributed by atoms with Crippen LogP contribution in [0.5, 0.6) is 0 Å². The quantitative estimate of drug-likeness (QED) is 0.506. The van der Waals surface area contributed by atoms with Crippen molar-refractivity contribution in [3.63, 3.8) is 0 Å². The number of carbonyl (C=O) groups excluding carboxylic acids is 1. The van der Waals surface area contributed by atoms with E-state index in [1.54, 1.807) is 18.5 Å². The van der Waals surface area contributed by atoms with Crippen LogP contribution >= 0.6 is 0 Å². The zero-order valence-corrected chi connectivity index (χ0v) is 16.0. The molecule has 1 amide bonds. The first-order chi connectivity index (χ1) is 14.3. The van der Waals surface area contributed by atoms with Crippen molar-refractivity contribution >= 4 is 34.0 Å². The summed E-state index contributed by atoms with van der Waals surface area (Å²) in [5.41, 5.74) is 11.8. The highest BCUT2D eigenvalue weighted by Crippen LogP contribution is 2.34. The number of halogens is 2. The third-order valence-corrected chi connectivity index (χ3v) is 5.19. The predicted octanol–water partition coefficient (Wildman–Crippen LogP) is 2.79. The summed E-state index contributed by atoms with van der Waals surface area (Å²) in [4.78, 5) is 24.3. The molecule has 1 aliphatic carbocycles. The summed E-state index contributed by atoms with van der Waals surface area (Å²) in [6, 6.07) is 5.38. The van der Waals surface area contributed by atoms with E-state index in [1.165, 1.54) is 6.20 Å². The third-order valence-electron chi connectivity index (χ3n) is 5.19. The van der Waals surface area contributed by atoms with Crippen molar-refractivity contribution in [1.29, 1.82) is 0 Å². The zero-order chi connectivity index (χ0) is 21.3. The van der Waals surface area contributed by atoms with Gasteiger partial charge in [0.05, 0.1) is 12.2 Å². The molecule has 4 rings (SSSR count). The Morgan fingerprint density at radius 2 is 2.03 bits per heavy atom. The Bertz CT molecular complexity index is 1090. The van der Waals surface area contributed by atoms with Crippen molar-refractivity contribution in [2.24, 2.45) is 11.5 Å². The van der Waals surface area contributed by atoms with E-state index in [4.69, 9.17) is 11.5 Å². The molecule has 0 bridgehead atoms. The molecular formula is C20H21F2N7O. The molecule has 1 fully saturated rings. The lowest BCUT2D eigenvalue weighted by Crippen LogP contribution is -2.55. The molecule has 30 heavy (non-hydrogen) atoms. The summed E-state index contributed by atoms with van der Waals surface area (Å²) in [6.07, 6.45) is 5.30. The van der Waals surface area contributed by atoms with E-state index in [-0.39, 0.29) is 23.8 Å². The average Bonchev–Trinajstić information content (AvgIpc) is 2.71. The molecule has 0 aliphatic heterocycles. The number of nitrogens with one attached hydrogen (secondary N) is 2. The van der Waals surface area contributed by atoms with Crippen LogP contribution in [0.2, 0.25) is 0 Å². The molecule has 0 radical (unpaired) electrons. The fourth-order valence-electron chi connectivity index (χ4n) is 3.57. The van der Waals surface area contributed by atoms with Crippen LogP contribution in [-0.4, -0.2) is 38.9 Å². The van der Waals surface area contributed by atoms with Crippen molar-refractivity contribution in [2.75, 3.05) is 10.6 Å². The lowest BCUT2D eigenvalue weighted by atomic mass is 9.87. The Labute approximate surface area is 171 Å².